The van der Waals surface area contributed by atoms with Crippen LogP contribution in [0, 0.1) is 0 Å². The number of hydrogen-bond donors (Lipinski definition) is 1. The lowest BCUT2D eigenvalue weighted by Crippen LogP contribution is -2.28. The minimum atomic E-state index is 0.519. The van der Waals surface area contributed by atoms with E-state index >= 15 is 0 Å². The average molecular weight is 263 g/mol. The normalized spacial score (nSPS) is 13.1. The van der Waals surface area contributed by atoms with Crippen LogP contribution in [0.25, 0.3) is 11.0 Å². The smallest absolute Gasteiger partial charge is 0.123 e. The molecular weight excluding hydrogens is 242 g/mol. The Bertz CT molecular complexity index is 507. The van der Waals surface area contributed by atoms with Gasteiger partial charge in [0.15, 0.2) is 0 Å². The van der Waals surface area contributed by atoms with Crippen LogP contribution in [0.15, 0.2) is 24.3 Å². The average Bonchev–Trinajstić information content (AvgIpc) is 2.74. The van der Waals surface area contributed by atoms with E-state index < -0.39 is 0 Å². The molecule has 1 unspecified atom stereocenters. The van der Waals surface area contributed by atoms with E-state index in [2.05, 4.69) is 48.2 Å². The second-order valence-electron chi connectivity index (χ2n) is 4.50. The zero-order valence-electron chi connectivity index (χ0n) is 11.3. The maximum absolute atomic E-state index is 4.71. The van der Waals surface area contributed by atoms with Crippen molar-refractivity contribution in [3.8, 4) is 0 Å². The van der Waals surface area contributed by atoms with Crippen LogP contribution in [0.4, 0.5) is 0 Å². The van der Waals surface area contributed by atoms with Gasteiger partial charge < -0.3 is 9.88 Å². The molecule has 1 aromatic heterocycles. The molecule has 0 amide bonds. The summed E-state index contributed by atoms with van der Waals surface area (Å²) in [5, 5.41) is 3.53. The fourth-order valence-electron chi connectivity index (χ4n) is 2.19. The quantitative estimate of drug-likeness (QED) is 0.869. The molecule has 3 nitrogen and oxygen atoms in total. The zero-order valence-corrected chi connectivity index (χ0v) is 12.1. The summed E-state index contributed by atoms with van der Waals surface area (Å²) in [7, 11) is 0. The number of nitrogens with one attached hydrogen (secondary N) is 1. The van der Waals surface area contributed by atoms with E-state index in [-0.39, 0.29) is 0 Å². The van der Waals surface area contributed by atoms with E-state index in [1.807, 2.05) is 17.8 Å². The van der Waals surface area contributed by atoms with Crippen molar-refractivity contribution >= 4 is 22.8 Å². The molecule has 0 aliphatic carbocycles. The van der Waals surface area contributed by atoms with E-state index in [9.17, 15) is 0 Å². The van der Waals surface area contributed by atoms with E-state index in [0.29, 0.717) is 6.04 Å². The maximum atomic E-state index is 4.71. The number of rotatable bonds is 6. The number of fused-ring (bicyclic) bond motifs is 1. The van der Waals surface area contributed by atoms with Gasteiger partial charge in [0, 0.05) is 18.3 Å². The molecule has 0 radical (unpaired) electrons. The molecule has 0 aliphatic rings. The molecule has 98 valence electrons. The molecule has 0 bridgehead atoms. The Hall–Kier alpha value is -1.00. The molecular formula is C14H21N3S. The first-order valence-corrected chi connectivity index (χ1v) is 7.82. The first-order valence-electron chi connectivity index (χ1n) is 6.42. The third-order valence-corrected chi connectivity index (χ3v) is 3.91. The summed E-state index contributed by atoms with van der Waals surface area (Å²) in [5.41, 5.74) is 2.32. The summed E-state index contributed by atoms with van der Waals surface area (Å²) in [6, 6.07) is 8.86. The first kappa shape index (κ1) is 13.4. The van der Waals surface area contributed by atoms with Gasteiger partial charge in [-0.15, -0.1) is 0 Å². The third-order valence-electron chi connectivity index (χ3n) is 3.08. The van der Waals surface area contributed by atoms with Gasteiger partial charge in [0.1, 0.15) is 5.82 Å². The molecule has 0 aliphatic heterocycles. The second kappa shape index (κ2) is 6.25. The van der Waals surface area contributed by atoms with E-state index in [4.69, 9.17) is 4.98 Å². The van der Waals surface area contributed by atoms with Gasteiger partial charge in [-0.25, -0.2) is 4.98 Å². The van der Waals surface area contributed by atoms with Crippen LogP contribution >= 0.6 is 11.8 Å². The van der Waals surface area contributed by atoms with Crippen LogP contribution in [-0.2, 0) is 13.1 Å². The van der Waals surface area contributed by atoms with Crippen molar-refractivity contribution in [2.45, 2.75) is 33.0 Å². The lowest BCUT2D eigenvalue weighted by atomic mass is 10.3. The number of aryl methyl sites for hydroxylation is 1. The maximum Gasteiger partial charge on any atom is 0.123 e. The van der Waals surface area contributed by atoms with Crippen molar-refractivity contribution in [3.05, 3.63) is 30.1 Å². The lowest BCUT2D eigenvalue weighted by molar-refractivity contribution is 0.560. The standard InChI is InChI=1S/C14H21N3S/c1-4-17-13-8-6-5-7-12(13)16-14(17)9-15-11(2)10-18-3/h5-8,11,15H,4,9-10H2,1-3H3. The zero-order chi connectivity index (χ0) is 13.0. The number of thioether (sulfide) groups is 1. The van der Waals surface area contributed by atoms with Crippen molar-refractivity contribution in [1.82, 2.24) is 14.9 Å². The highest BCUT2D eigenvalue weighted by Crippen LogP contribution is 2.15. The van der Waals surface area contributed by atoms with Crippen molar-refractivity contribution in [3.63, 3.8) is 0 Å². The Kier molecular flexibility index (Phi) is 4.66. The van der Waals surface area contributed by atoms with Crippen LogP contribution in [0.1, 0.15) is 19.7 Å². The molecule has 2 rings (SSSR count). The van der Waals surface area contributed by atoms with Crippen molar-refractivity contribution in [1.29, 1.82) is 0 Å². The molecule has 1 heterocycles. The molecule has 0 saturated carbocycles. The van der Waals surface area contributed by atoms with Gasteiger partial charge >= 0.3 is 0 Å². The van der Waals surface area contributed by atoms with E-state index in [1.54, 1.807) is 0 Å². The number of imidazole rings is 1. The predicted molar refractivity (Wildman–Crippen MR) is 80.1 cm³/mol. The first-order chi connectivity index (χ1) is 8.76. The van der Waals surface area contributed by atoms with Crippen LogP contribution < -0.4 is 5.32 Å². The topological polar surface area (TPSA) is 29.9 Å². The summed E-state index contributed by atoms with van der Waals surface area (Å²) < 4.78 is 2.29. The fourth-order valence-corrected chi connectivity index (χ4v) is 2.81. The highest BCUT2D eigenvalue weighted by atomic mass is 32.2. The molecule has 0 fully saturated rings. The summed E-state index contributed by atoms with van der Waals surface area (Å²) in [4.78, 5) is 4.71. The Balaban J connectivity index is 2.17. The lowest BCUT2D eigenvalue weighted by Gasteiger charge is -2.12. The summed E-state index contributed by atoms with van der Waals surface area (Å²) in [6.45, 7) is 6.19. The summed E-state index contributed by atoms with van der Waals surface area (Å²) in [5.74, 6) is 2.26. The largest absolute Gasteiger partial charge is 0.327 e. The van der Waals surface area contributed by atoms with Gasteiger partial charge in [0.05, 0.1) is 17.6 Å². The number of nitrogens with zero attached hydrogens (tertiary/aromatic N) is 2. The Morgan fingerprint density at radius 2 is 2.17 bits per heavy atom. The number of benzene rings is 1. The molecule has 1 aromatic carbocycles. The Morgan fingerprint density at radius 1 is 1.39 bits per heavy atom. The van der Waals surface area contributed by atoms with Crippen LogP contribution in [0.2, 0.25) is 0 Å². The summed E-state index contributed by atoms with van der Waals surface area (Å²) in [6.07, 6.45) is 2.14. The molecule has 0 saturated heterocycles. The number of aromatic nitrogens is 2. The molecule has 2 aromatic rings. The highest BCUT2D eigenvalue weighted by molar-refractivity contribution is 7.98. The van der Waals surface area contributed by atoms with Gasteiger partial charge in [-0.2, -0.15) is 11.8 Å². The van der Waals surface area contributed by atoms with E-state index in [0.717, 1.165) is 30.2 Å². The second-order valence-corrected chi connectivity index (χ2v) is 5.41. The molecule has 0 spiro atoms. The highest BCUT2D eigenvalue weighted by Gasteiger charge is 2.09. The fraction of sp³-hybridized carbons (Fsp3) is 0.500. The number of hydrogen-bond acceptors (Lipinski definition) is 3. The minimum absolute atomic E-state index is 0.519. The number of para-hydroxylation sites is 2. The Labute approximate surface area is 113 Å². The van der Waals surface area contributed by atoms with Crippen molar-refractivity contribution in [2.24, 2.45) is 0 Å². The van der Waals surface area contributed by atoms with Crippen molar-refractivity contribution in [2.75, 3.05) is 12.0 Å². The SMILES string of the molecule is CCn1c(CNC(C)CSC)nc2ccccc21. The molecule has 1 atom stereocenters. The molecule has 1 N–H and O–H groups in total. The van der Waals surface area contributed by atoms with Gasteiger partial charge in [-0.1, -0.05) is 12.1 Å². The van der Waals surface area contributed by atoms with Gasteiger partial charge in [0.2, 0.25) is 0 Å². The molecule has 4 heteroatoms. The van der Waals surface area contributed by atoms with E-state index in [1.165, 1.54) is 5.52 Å². The monoisotopic (exact) mass is 263 g/mol. The summed E-state index contributed by atoms with van der Waals surface area (Å²) >= 11 is 1.87. The third kappa shape index (κ3) is 2.87. The van der Waals surface area contributed by atoms with Crippen LogP contribution in [0.5, 0.6) is 0 Å². The van der Waals surface area contributed by atoms with Gasteiger partial charge in [-0.05, 0) is 32.2 Å². The molecule has 18 heavy (non-hydrogen) atoms. The van der Waals surface area contributed by atoms with Crippen LogP contribution in [-0.4, -0.2) is 27.6 Å². The van der Waals surface area contributed by atoms with Gasteiger partial charge in [0.25, 0.3) is 0 Å². The Morgan fingerprint density at radius 3 is 2.89 bits per heavy atom. The minimum Gasteiger partial charge on any atom is -0.327 e. The predicted octanol–water partition coefficient (Wildman–Crippen LogP) is 2.90. The van der Waals surface area contributed by atoms with Gasteiger partial charge in [-0.3, -0.25) is 0 Å². The van der Waals surface area contributed by atoms with Crippen LogP contribution in [0.3, 0.4) is 0 Å². The van der Waals surface area contributed by atoms with Crippen molar-refractivity contribution < 1.29 is 0 Å².